The summed E-state index contributed by atoms with van der Waals surface area (Å²) >= 11 is 1.55. The Morgan fingerprint density at radius 3 is 2.34 bits per heavy atom. The predicted molar refractivity (Wildman–Crippen MR) is 262 cm³/mol. The molecular formula is C50H54F2N8O8S2. The molecule has 3 aromatic carbocycles. The van der Waals surface area contributed by atoms with Crippen LogP contribution in [0.5, 0.6) is 0 Å². The number of likely N-dealkylation sites (tertiary alicyclic amines) is 1. The number of fused-ring (bicyclic) bond motifs is 1. The Labute approximate surface area is 407 Å². The molecule has 0 spiro atoms. The van der Waals surface area contributed by atoms with Crippen LogP contribution < -0.4 is 20.7 Å². The number of amides is 4. The number of carbonyl (C=O) groups is 5. The molecule has 0 bridgehead atoms. The third kappa shape index (κ3) is 11.7. The van der Waals surface area contributed by atoms with Crippen molar-refractivity contribution in [2.24, 2.45) is 5.41 Å². The second-order valence-electron chi connectivity index (χ2n) is 18.2. The molecule has 1 aliphatic heterocycles. The number of rotatable bonds is 18. The fourth-order valence-corrected chi connectivity index (χ4v) is 10.1. The molecule has 7 rings (SSSR count). The maximum atomic E-state index is 15.5. The molecular weight excluding hydrogens is 943 g/mol. The number of sulfonamides is 1. The van der Waals surface area contributed by atoms with Crippen LogP contribution in [0.3, 0.4) is 0 Å². The van der Waals surface area contributed by atoms with Crippen LogP contribution >= 0.6 is 11.3 Å². The summed E-state index contributed by atoms with van der Waals surface area (Å²) in [5.74, 6) is -5.59. The van der Waals surface area contributed by atoms with E-state index in [-0.39, 0.29) is 67.7 Å². The lowest BCUT2D eigenvalue weighted by Gasteiger charge is -2.35. The van der Waals surface area contributed by atoms with Gasteiger partial charge in [0.25, 0.3) is 5.91 Å². The Hall–Kier alpha value is -6.90. The van der Waals surface area contributed by atoms with E-state index in [9.17, 15) is 41.9 Å². The number of hydrogen-bond acceptors (Lipinski definition) is 11. The largest absolute Gasteiger partial charge is 0.391 e. The van der Waals surface area contributed by atoms with Crippen LogP contribution in [0.1, 0.15) is 90.9 Å². The summed E-state index contributed by atoms with van der Waals surface area (Å²) in [6.07, 6.45) is 2.40. The average Bonchev–Trinajstić information content (AvgIpc) is 4.07. The molecule has 3 atom stereocenters. The third-order valence-corrected chi connectivity index (χ3v) is 14.3. The minimum absolute atomic E-state index is 0.0193. The fourth-order valence-electron chi connectivity index (χ4n) is 8.19. The molecule has 16 nitrogen and oxygen atoms in total. The lowest BCUT2D eigenvalue weighted by molar-refractivity contribution is -0.144. The zero-order chi connectivity index (χ0) is 50.5. The Kier molecular flexibility index (Phi) is 15.6. The van der Waals surface area contributed by atoms with E-state index in [0.29, 0.717) is 16.7 Å². The summed E-state index contributed by atoms with van der Waals surface area (Å²) < 4.78 is 57.2. The van der Waals surface area contributed by atoms with Crippen LogP contribution in [0.15, 0.2) is 84.6 Å². The number of aromatic nitrogens is 3. The van der Waals surface area contributed by atoms with E-state index in [1.165, 1.54) is 17.3 Å². The number of benzene rings is 3. The highest BCUT2D eigenvalue weighted by Gasteiger charge is 2.44. The molecule has 0 unspecified atom stereocenters. The number of halogens is 2. The van der Waals surface area contributed by atoms with Crippen LogP contribution in [0, 0.1) is 24.0 Å². The number of thiazole rings is 1. The SMILES string of the molecule is CCCS(=O)(=O)Nc1ccc(F)c(C(=O)c2c[nH]c3ncc(-c4ccc(C(=O)NCCCC(=O)N[C@H](C(=O)N5C[C@H](O)C[C@H]5C(=O)NCc5ccc(-c6scnc6C)cc5)C(C)(C)C)cc4)cc23)c1F. The van der Waals surface area contributed by atoms with Gasteiger partial charge < -0.3 is 30.9 Å². The molecule has 0 radical (unpaired) electrons. The van der Waals surface area contributed by atoms with E-state index in [0.717, 1.165) is 33.8 Å². The van der Waals surface area contributed by atoms with E-state index < -0.39 is 85.9 Å². The highest BCUT2D eigenvalue weighted by atomic mass is 32.2. The monoisotopic (exact) mass is 996 g/mol. The number of aryl methyl sites for hydroxylation is 1. The Morgan fingerprint density at radius 1 is 0.957 bits per heavy atom. The highest BCUT2D eigenvalue weighted by Crippen LogP contribution is 2.32. The molecule has 368 valence electrons. The van der Waals surface area contributed by atoms with Crippen molar-refractivity contribution >= 4 is 67.5 Å². The maximum Gasteiger partial charge on any atom is 0.251 e. The molecule has 4 heterocycles. The van der Waals surface area contributed by atoms with Crippen molar-refractivity contribution in [3.63, 3.8) is 0 Å². The second kappa shape index (κ2) is 21.4. The van der Waals surface area contributed by atoms with Crippen molar-refractivity contribution in [1.82, 2.24) is 35.8 Å². The summed E-state index contributed by atoms with van der Waals surface area (Å²) in [5.41, 5.74) is 3.96. The van der Waals surface area contributed by atoms with Crippen LogP contribution in [-0.2, 0) is 31.0 Å². The van der Waals surface area contributed by atoms with Gasteiger partial charge >= 0.3 is 0 Å². The Bertz CT molecular complexity index is 3040. The van der Waals surface area contributed by atoms with Crippen LogP contribution in [-0.4, -0.2) is 99.8 Å². The molecule has 3 aromatic heterocycles. The predicted octanol–water partition coefficient (Wildman–Crippen LogP) is 6.64. The molecule has 70 heavy (non-hydrogen) atoms. The van der Waals surface area contributed by atoms with Gasteiger partial charge in [0.05, 0.1) is 39.2 Å². The standard InChI is InChI=1S/C50H54F2N8O8S2/c1-6-20-70(67,68)59-38-18-17-37(51)41(42(38)52)43(63)36-25-55-46-35(36)21-33(24-54-46)30-13-15-32(16-14-30)47(64)53-19-7-8-40(62)58-45(50(3,4)5)49(66)60-26-34(61)22-39(60)48(65)56-23-29-9-11-31(12-10-29)44-28(2)57-27-69-44/h9-18,21,24-25,27,34,39,45,59,61H,6-8,19-20,22-23,26H2,1-5H3,(H,53,64)(H,54,55)(H,56,65)(H,58,62)/t34-,39+,45-/m1/s1. The summed E-state index contributed by atoms with van der Waals surface area (Å²) in [7, 11) is -3.94. The minimum atomic E-state index is -3.94. The van der Waals surface area contributed by atoms with Gasteiger partial charge in [-0.25, -0.2) is 27.2 Å². The van der Waals surface area contributed by atoms with Gasteiger partial charge in [-0.1, -0.05) is 64.1 Å². The van der Waals surface area contributed by atoms with Gasteiger partial charge in [0, 0.05) is 66.9 Å². The van der Waals surface area contributed by atoms with Crippen molar-refractivity contribution in [3.8, 4) is 21.6 Å². The molecule has 1 fully saturated rings. The summed E-state index contributed by atoms with van der Waals surface area (Å²) in [4.78, 5) is 81.4. The number of pyridine rings is 1. The number of carbonyl (C=O) groups excluding carboxylic acids is 5. The van der Waals surface area contributed by atoms with E-state index in [2.05, 4.69) is 35.6 Å². The number of nitrogens with one attached hydrogen (secondary N) is 5. The van der Waals surface area contributed by atoms with Crippen molar-refractivity contribution in [1.29, 1.82) is 0 Å². The van der Waals surface area contributed by atoms with Crippen LogP contribution in [0.2, 0.25) is 0 Å². The molecule has 0 aliphatic carbocycles. The van der Waals surface area contributed by atoms with Gasteiger partial charge in [0.2, 0.25) is 33.5 Å². The van der Waals surface area contributed by atoms with Gasteiger partial charge in [-0.05, 0) is 72.2 Å². The average molecular weight is 997 g/mol. The summed E-state index contributed by atoms with van der Waals surface area (Å²) in [6.45, 7) is 9.25. The second-order valence-corrected chi connectivity index (χ2v) is 20.9. The Balaban J connectivity index is 0.917. The molecule has 6 aromatic rings. The van der Waals surface area contributed by atoms with E-state index >= 15 is 4.39 Å². The smallest absolute Gasteiger partial charge is 0.251 e. The van der Waals surface area contributed by atoms with Gasteiger partial charge in [-0.3, -0.25) is 28.7 Å². The molecule has 6 N–H and O–H groups in total. The number of H-pyrrole nitrogens is 1. The number of β-amino-alcohol motifs (C(OH)–C–C–N with tert-alkyl or cyclic N) is 1. The quantitative estimate of drug-likeness (QED) is 0.0397. The number of ketones is 1. The number of aliphatic hydroxyl groups is 1. The fraction of sp³-hybridized carbons (Fsp3) is 0.340. The lowest BCUT2D eigenvalue weighted by Crippen LogP contribution is -2.57. The van der Waals surface area contributed by atoms with Crippen LogP contribution in [0.25, 0.3) is 32.6 Å². The molecule has 1 saturated heterocycles. The normalized spacial score (nSPS) is 15.4. The summed E-state index contributed by atoms with van der Waals surface area (Å²) in [6, 6.07) is 15.6. The third-order valence-electron chi connectivity index (χ3n) is 11.9. The number of hydrogen-bond donors (Lipinski definition) is 6. The van der Waals surface area contributed by atoms with Gasteiger partial charge in [0.15, 0.2) is 5.82 Å². The first-order valence-corrected chi connectivity index (χ1v) is 25.2. The lowest BCUT2D eigenvalue weighted by atomic mass is 9.85. The van der Waals surface area contributed by atoms with E-state index in [1.54, 1.807) is 74.9 Å². The van der Waals surface area contributed by atoms with E-state index in [1.807, 2.05) is 31.2 Å². The van der Waals surface area contributed by atoms with Crippen molar-refractivity contribution < 1.29 is 46.3 Å². The number of anilines is 1. The van der Waals surface area contributed by atoms with Crippen LogP contribution in [0.4, 0.5) is 14.5 Å². The van der Waals surface area contributed by atoms with Gasteiger partial charge in [0.1, 0.15) is 23.5 Å². The Morgan fingerprint density at radius 2 is 1.67 bits per heavy atom. The number of aromatic amines is 1. The number of nitrogens with zero attached hydrogens (tertiary/aromatic N) is 3. The highest BCUT2D eigenvalue weighted by molar-refractivity contribution is 7.92. The zero-order valence-electron chi connectivity index (χ0n) is 39.2. The van der Waals surface area contributed by atoms with Crippen molar-refractivity contribution in [2.75, 3.05) is 23.6 Å². The molecule has 0 saturated carbocycles. The molecule has 4 amide bonds. The van der Waals surface area contributed by atoms with E-state index in [4.69, 9.17) is 0 Å². The molecule has 20 heteroatoms. The first kappa shape index (κ1) is 51.0. The zero-order valence-corrected chi connectivity index (χ0v) is 40.8. The van der Waals surface area contributed by atoms with Crippen molar-refractivity contribution in [3.05, 3.63) is 124 Å². The molecule has 1 aliphatic rings. The topological polar surface area (TPSA) is 233 Å². The number of aliphatic hydroxyl groups excluding tert-OH is 1. The summed E-state index contributed by atoms with van der Waals surface area (Å²) in [5, 5.41) is 19.4. The van der Waals surface area contributed by atoms with Gasteiger partial charge in [-0.15, -0.1) is 11.3 Å². The first-order valence-electron chi connectivity index (χ1n) is 22.7. The minimum Gasteiger partial charge on any atom is -0.391 e. The van der Waals surface area contributed by atoms with Gasteiger partial charge in [-0.2, -0.15) is 0 Å². The van der Waals surface area contributed by atoms with Crippen molar-refractivity contribution in [2.45, 2.75) is 85.0 Å². The first-order chi connectivity index (χ1) is 33.2. The maximum absolute atomic E-state index is 15.5.